The van der Waals surface area contributed by atoms with Crippen molar-refractivity contribution in [3.8, 4) is 0 Å². The van der Waals surface area contributed by atoms with Gasteiger partial charge in [0.2, 0.25) is 0 Å². The quantitative estimate of drug-likeness (QED) is 0.580. The number of nitrogens with zero attached hydrogens (tertiary/aromatic N) is 1. The van der Waals surface area contributed by atoms with Crippen molar-refractivity contribution in [1.82, 2.24) is 4.90 Å². The predicted molar refractivity (Wildman–Crippen MR) is 63.3 cm³/mol. The molecular weight excluding hydrogens is 170 g/mol. The molecular formula is C13H25N. The molecule has 0 spiro atoms. The molecule has 0 bridgehead atoms. The van der Waals surface area contributed by atoms with E-state index in [4.69, 9.17) is 0 Å². The molecule has 1 aliphatic rings. The van der Waals surface area contributed by atoms with Gasteiger partial charge in [0.15, 0.2) is 0 Å². The van der Waals surface area contributed by atoms with Crippen LogP contribution in [0.1, 0.15) is 58.3 Å². The molecule has 0 saturated carbocycles. The lowest BCUT2D eigenvalue weighted by molar-refractivity contribution is 0.308. The Morgan fingerprint density at radius 3 is 2.50 bits per heavy atom. The van der Waals surface area contributed by atoms with E-state index in [9.17, 15) is 0 Å². The van der Waals surface area contributed by atoms with E-state index in [1.54, 1.807) is 0 Å². The first kappa shape index (κ1) is 11.6. The fourth-order valence-electron chi connectivity index (χ4n) is 1.98. The monoisotopic (exact) mass is 195 g/mol. The molecule has 82 valence electrons. The first-order valence-corrected chi connectivity index (χ1v) is 6.34. The van der Waals surface area contributed by atoms with E-state index in [1.807, 2.05) is 0 Å². The van der Waals surface area contributed by atoms with E-state index >= 15 is 0 Å². The molecule has 1 saturated heterocycles. The molecule has 0 amide bonds. The van der Waals surface area contributed by atoms with E-state index in [0.29, 0.717) is 0 Å². The molecule has 1 aliphatic heterocycles. The van der Waals surface area contributed by atoms with Crippen LogP contribution in [0.5, 0.6) is 0 Å². The number of likely N-dealkylation sites (tertiary alicyclic amines) is 1. The fourth-order valence-corrected chi connectivity index (χ4v) is 1.98. The van der Waals surface area contributed by atoms with Gasteiger partial charge in [0.1, 0.15) is 0 Å². The van der Waals surface area contributed by atoms with Crippen molar-refractivity contribution >= 4 is 0 Å². The van der Waals surface area contributed by atoms with Gasteiger partial charge in [0.25, 0.3) is 0 Å². The summed E-state index contributed by atoms with van der Waals surface area (Å²) in [4.78, 5) is 2.48. The lowest BCUT2D eigenvalue weighted by Gasteiger charge is -2.24. The SMILES string of the molecule is CCCCCC/C=C\N1CCCCC1. The molecule has 0 aromatic rings. The normalized spacial score (nSPS) is 17.9. The van der Waals surface area contributed by atoms with Crippen molar-refractivity contribution in [2.45, 2.75) is 58.3 Å². The Morgan fingerprint density at radius 1 is 1.00 bits per heavy atom. The van der Waals surface area contributed by atoms with Crippen LogP contribution in [-0.2, 0) is 0 Å². The van der Waals surface area contributed by atoms with Gasteiger partial charge in [-0.25, -0.2) is 0 Å². The Labute approximate surface area is 89.2 Å². The summed E-state index contributed by atoms with van der Waals surface area (Å²) in [5, 5.41) is 0. The van der Waals surface area contributed by atoms with Gasteiger partial charge in [-0.1, -0.05) is 32.3 Å². The van der Waals surface area contributed by atoms with Gasteiger partial charge in [-0.05, 0) is 38.3 Å². The molecule has 1 rings (SSSR count). The van der Waals surface area contributed by atoms with E-state index in [2.05, 4.69) is 24.1 Å². The molecule has 0 aliphatic carbocycles. The molecule has 0 radical (unpaired) electrons. The van der Waals surface area contributed by atoms with Crippen LogP contribution < -0.4 is 0 Å². The van der Waals surface area contributed by atoms with E-state index in [1.165, 1.54) is 64.5 Å². The predicted octanol–water partition coefficient (Wildman–Crippen LogP) is 3.96. The number of piperidine rings is 1. The van der Waals surface area contributed by atoms with Gasteiger partial charge in [-0.3, -0.25) is 0 Å². The van der Waals surface area contributed by atoms with Crippen molar-refractivity contribution in [2.24, 2.45) is 0 Å². The Hall–Kier alpha value is -0.460. The topological polar surface area (TPSA) is 3.24 Å². The Bertz CT molecular complexity index is 145. The number of hydrogen-bond acceptors (Lipinski definition) is 1. The molecule has 1 fully saturated rings. The molecule has 14 heavy (non-hydrogen) atoms. The average Bonchev–Trinajstić information content (AvgIpc) is 2.25. The second kappa shape index (κ2) is 7.90. The zero-order valence-corrected chi connectivity index (χ0v) is 9.67. The van der Waals surface area contributed by atoms with Crippen LogP contribution in [0.25, 0.3) is 0 Å². The summed E-state index contributed by atoms with van der Waals surface area (Å²) in [6.45, 7) is 4.83. The van der Waals surface area contributed by atoms with E-state index < -0.39 is 0 Å². The summed E-state index contributed by atoms with van der Waals surface area (Å²) in [5.74, 6) is 0. The Morgan fingerprint density at radius 2 is 1.79 bits per heavy atom. The van der Waals surface area contributed by atoms with Crippen molar-refractivity contribution in [3.63, 3.8) is 0 Å². The summed E-state index contributed by atoms with van der Waals surface area (Å²) in [7, 11) is 0. The van der Waals surface area contributed by atoms with Crippen molar-refractivity contribution < 1.29 is 0 Å². The number of allylic oxidation sites excluding steroid dienone is 1. The van der Waals surface area contributed by atoms with E-state index in [-0.39, 0.29) is 0 Å². The molecule has 1 heteroatoms. The highest BCUT2D eigenvalue weighted by Gasteiger charge is 2.04. The van der Waals surface area contributed by atoms with Crippen LogP contribution in [0.3, 0.4) is 0 Å². The minimum Gasteiger partial charge on any atom is -0.378 e. The van der Waals surface area contributed by atoms with Crippen LogP contribution in [0.4, 0.5) is 0 Å². The minimum absolute atomic E-state index is 1.27. The van der Waals surface area contributed by atoms with Gasteiger partial charge >= 0.3 is 0 Å². The minimum atomic E-state index is 1.27. The number of hydrogen-bond donors (Lipinski definition) is 0. The lowest BCUT2D eigenvalue weighted by Crippen LogP contribution is -2.23. The summed E-state index contributed by atoms with van der Waals surface area (Å²) in [6.07, 6.45) is 15.7. The number of rotatable bonds is 6. The third-order valence-corrected chi connectivity index (χ3v) is 2.93. The van der Waals surface area contributed by atoms with Crippen molar-refractivity contribution in [1.29, 1.82) is 0 Å². The van der Waals surface area contributed by atoms with E-state index in [0.717, 1.165) is 0 Å². The summed E-state index contributed by atoms with van der Waals surface area (Å²) < 4.78 is 0. The highest BCUT2D eigenvalue weighted by Crippen LogP contribution is 2.09. The molecule has 0 N–H and O–H groups in total. The molecule has 0 unspecified atom stereocenters. The second-order valence-corrected chi connectivity index (χ2v) is 4.33. The van der Waals surface area contributed by atoms with Crippen molar-refractivity contribution in [2.75, 3.05) is 13.1 Å². The summed E-state index contributed by atoms with van der Waals surface area (Å²) >= 11 is 0. The number of unbranched alkanes of at least 4 members (excludes halogenated alkanes) is 4. The molecule has 0 aromatic heterocycles. The van der Waals surface area contributed by atoms with Gasteiger partial charge in [0.05, 0.1) is 0 Å². The smallest absolute Gasteiger partial charge is 0.0172 e. The van der Waals surface area contributed by atoms with Crippen LogP contribution in [0.15, 0.2) is 12.3 Å². The summed E-state index contributed by atoms with van der Waals surface area (Å²) in [6, 6.07) is 0. The average molecular weight is 195 g/mol. The third kappa shape index (κ3) is 5.31. The fraction of sp³-hybridized carbons (Fsp3) is 0.846. The largest absolute Gasteiger partial charge is 0.378 e. The summed E-state index contributed by atoms with van der Waals surface area (Å²) in [5.41, 5.74) is 0. The van der Waals surface area contributed by atoms with Crippen molar-refractivity contribution in [3.05, 3.63) is 12.3 Å². The molecule has 1 nitrogen and oxygen atoms in total. The van der Waals surface area contributed by atoms with Crippen LogP contribution in [0, 0.1) is 0 Å². The molecule has 0 atom stereocenters. The molecule has 1 heterocycles. The van der Waals surface area contributed by atoms with Crippen LogP contribution in [0.2, 0.25) is 0 Å². The van der Waals surface area contributed by atoms with Gasteiger partial charge < -0.3 is 4.90 Å². The first-order valence-electron chi connectivity index (χ1n) is 6.34. The van der Waals surface area contributed by atoms with Crippen LogP contribution in [-0.4, -0.2) is 18.0 Å². The standard InChI is InChI=1S/C13H25N/c1-2-3-4-5-6-8-11-14-12-9-7-10-13-14/h8,11H,2-7,9-10,12-13H2,1H3/b11-8-. The Balaban J connectivity index is 1.96. The highest BCUT2D eigenvalue weighted by atomic mass is 15.1. The first-order chi connectivity index (χ1) is 6.93. The maximum atomic E-state index is 2.48. The van der Waals surface area contributed by atoms with Gasteiger partial charge in [0, 0.05) is 13.1 Å². The zero-order chi connectivity index (χ0) is 10.1. The maximum Gasteiger partial charge on any atom is 0.0172 e. The van der Waals surface area contributed by atoms with Crippen LogP contribution >= 0.6 is 0 Å². The zero-order valence-electron chi connectivity index (χ0n) is 9.67. The lowest BCUT2D eigenvalue weighted by atomic mass is 10.1. The Kier molecular flexibility index (Phi) is 6.55. The maximum absolute atomic E-state index is 2.48. The third-order valence-electron chi connectivity index (χ3n) is 2.93. The van der Waals surface area contributed by atoms with Gasteiger partial charge in [-0.15, -0.1) is 0 Å². The highest BCUT2D eigenvalue weighted by molar-refractivity contribution is 4.83. The molecule has 0 aromatic carbocycles. The van der Waals surface area contributed by atoms with Gasteiger partial charge in [-0.2, -0.15) is 0 Å². The second-order valence-electron chi connectivity index (χ2n) is 4.33.